The van der Waals surface area contributed by atoms with E-state index < -0.39 is 0 Å². The smallest absolute Gasteiger partial charge is 0.131 e. The fourth-order valence-corrected chi connectivity index (χ4v) is 2.67. The molecule has 18 heavy (non-hydrogen) atoms. The van der Waals surface area contributed by atoms with E-state index in [4.69, 9.17) is 9.84 Å². The van der Waals surface area contributed by atoms with Crippen molar-refractivity contribution in [1.29, 1.82) is 0 Å². The van der Waals surface area contributed by atoms with Gasteiger partial charge in [-0.25, -0.2) is 4.98 Å². The van der Waals surface area contributed by atoms with Crippen LogP contribution in [0.5, 0.6) is 0 Å². The number of aliphatic hydroxyl groups excluding tert-OH is 1. The minimum Gasteiger partial charge on any atom is -0.392 e. The first-order valence-corrected chi connectivity index (χ1v) is 6.55. The Labute approximate surface area is 109 Å². The highest BCUT2D eigenvalue weighted by Gasteiger charge is 2.21. The summed E-state index contributed by atoms with van der Waals surface area (Å²) in [5.74, 6) is 1.65. The van der Waals surface area contributed by atoms with E-state index in [1.54, 1.807) is 13.3 Å². The van der Waals surface area contributed by atoms with E-state index in [0.29, 0.717) is 5.92 Å². The summed E-state index contributed by atoms with van der Waals surface area (Å²) in [7, 11) is 1.76. The lowest BCUT2D eigenvalue weighted by molar-refractivity contribution is 0.143. The largest absolute Gasteiger partial charge is 0.392 e. The molecule has 1 atom stereocenters. The fraction of sp³-hybridized carbons (Fsp3) is 0.643. The molecule has 0 aliphatic carbocycles. The first-order valence-electron chi connectivity index (χ1n) is 6.55. The molecule has 0 bridgehead atoms. The molecule has 4 nitrogen and oxygen atoms in total. The van der Waals surface area contributed by atoms with Gasteiger partial charge in [0.15, 0.2) is 0 Å². The lowest BCUT2D eigenvalue weighted by Gasteiger charge is -2.34. The number of nitrogens with zero attached hydrogens (tertiary/aromatic N) is 2. The summed E-state index contributed by atoms with van der Waals surface area (Å²) in [6.07, 6.45) is 4.19. The number of hydrogen-bond donors (Lipinski definition) is 1. The van der Waals surface area contributed by atoms with Gasteiger partial charge in [-0.1, -0.05) is 0 Å². The van der Waals surface area contributed by atoms with Gasteiger partial charge >= 0.3 is 0 Å². The second kappa shape index (κ2) is 6.16. The number of aliphatic hydroxyl groups is 1. The Morgan fingerprint density at radius 2 is 2.39 bits per heavy atom. The molecule has 0 radical (unpaired) electrons. The van der Waals surface area contributed by atoms with Gasteiger partial charge in [0.1, 0.15) is 5.82 Å². The van der Waals surface area contributed by atoms with Gasteiger partial charge in [-0.15, -0.1) is 0 Å². The molecule has 100 valence electrons. The van der Waals surface area contributed by atoms with Crippen molar-refractivity contribution in [2.75, 3.05) is 31.7 Å². The van der Waals surface area contributed by atoms with Crippen LogP contribution in [0.3, 0.4) is 0 Å². The van der Waals surface area contributed by atoms with Crippen LogP contribution in [0.1, 0.15) is 24.0 Å². The minimum atomic E-state index is 0.0560. The van der Waals surface area contributed by atoms with Crippen molar-refractivity contribution in [1.82, 2.24) is 4.98 Å². The molecule has 2 heterocycles. The van der Waals surface area contributed by atoms with Crippen LogP contribution in [-0.4, -0.2) is 36.9 Å². The highest BCUT2D eigenvalue weighted by Crippen LogP contribution is 2.24. The molecule has 0 spiro atoms. The van der Waals surface area contributed by atoms with Crippen LogP contribution in [0.4, 0.5) is 5.82 Å². The maximum atomic E-state index is 9.11. The van der Waals surface area contributed by atoms with E-state index in [0.717, 1.165) is 36.6 Å². The van der Waals surface area contributed by atoms with Gasteiger partial charge in [0, 0.05) is 26.4 Å². The van der Waals surface area contributed by atoms with Crippen molar-refractivity contribution >= 4 is 5.82 Å². The zero-order valence-electron chi connectivity index (χ0n) is 11.2. The molecule has 2 rings (SSSR count). The van der Waals surface area contributed by atoms with Crippen LogP contribution in [0.2, 0.25) is 0 Å². The zero-order chi connectivity index (χ0) is 13.0. The van der Waals surface area contributed by atoms with Gasteiger partial charge < -0.3 is 14.7 Å². The van der Waals surface area contributed by atoms with E-state index in [2.05, 4.69) is 16.8 Å². The first kappa shape index (κ1) is 13.3. The lowest BCUT2D eigenvalue weighted by atomic mass is 9.98. The summed E-state index contributed by atoms with van der Waals surface area (Å²) in [5.41, 5.74) is 2.02. The summed E-state index contributed by atoms with van der Waals surface area (Å²) in [5, 5.41) is 9.11. The maximum absolute atomic E-state index is 9.11. The van der Waals surface area contributed by atoms with Gasteiger partial charge in [-0.05, 0) is 42.9 Å². The third kappa shape index (κ3) is 3.00. The number of aryl methyl sites for hydroxylation is 1. The Morgan fingerprint density at radius 1 is 1.56 bits per heavy atom. The van der Waals surface area contributed by atoms with E-state index in [9.17, 15) is 0 Å². The summed E-state index contributed by atoms with van der Waals surface area (Å²) in [4.78, 5) is 6.83. The number of ether oxygens (including phenoxy) is 1. The molecule has 0 aromatic carbocycles. The number of aromatic nitrogens is 1. The molecule has 0 amide bonds. The van der Waals surface area contributed by atoms with Crippen LogP contribution in [-0.2, 0) is 11.3 Å². The van der Waals surface area contributed by atoms with E-state index in [1.807, 2.05) is 6.07 Å². The monoisotopic (exact) mass is 250 g/mol. The molecule has 4 heteroatoms. The normalized spacial score (nSPS) is 20.2. The molecule has 1 aromatic heterocycles. The van der Waals surface area contributed by atoms with E-state index in [1.165, 1.54) is 12.8 Å². The van der Waals surface area contributed by atoms with Crippen LogP contribution in [0, 0.1) is 12.8 Å². The molecule has 1 saturated heterocycles. The average molecular weight is 250 g/mol. The quantitative estimate of drug-likeness (QED) is 0.884. The van der Waals surface area contributed by atoms with Crippen molar-refractivity contribution in [2.45, 2.75) is 26.4 Å². The predicted octanol–water partition coefficient (Wildman–Crippen LogP) is 1.75. The predicted molar refractivity (Wildman–Crippen MR) is 71.7 cm³/mol. The molecule has 1 aliphatic rings. The Balaban J connectivity index is 2.10. The lowest BCUT2D eigenvalue weighted by Crippen LogP contribution is -2.38. The third-order valence-electron chi connectivity index (χ3n) is 3.51. The summed E-state index contributed by atoms with van der Waals surface area (Å²) in [6, 6.07) is 2.02. The summed E-state index contributed by atoms with van der Waals surface area (Å²) in [6.45, 7) is 5.01. The summed E-state index contributed by atoms with van der Waals surface area (Å²) >= 11 is 0. The molecular formula is C14H22N2O2. The molecular weight excluding hydrogens is 228 g/mol. The third-order valence-corrected chi connectivity index (χ3v) is 3.51. The number of pyridine rings is 1. The Morgan fingerprint density at radius 3 is 3.06 bits per heavy atom. The zero-order valence-corrected chi connectivity index (χ0v) is 11.2. The van der Waals surface area contributed by atoms with Gasteiger partial charge in [-0.3, -0.25) is 0 Å². The highest BCUT2D eigenvalue weighted by atomic mass is 16.5. The van der Waals surface area contributed by atoms with Crippen LogP contribution < -0.4 is 4.90 Å². The minimum absolute atomic E-state index is 0.0560. The second-order valence-corrected chi connectivity index (χ2v) is 5.05. The summed E-state index contributed by atoms with van der Waals surface area (Å²) < 4.78 is 5.25. The maximum Gasteiger partial charge on any atom is 0.131 e. The van der Waals surface area contributed by atoms with Crippen molar-refractivity contribution < 1.29 is 9.84 Å². The van der Waals surface area contributed by atoms with Crippen molar-refractivity contribution in [3.8, 4) is 0 Å². The Hall–Kier alpha value is -1.13. The molecule has 1 unspecified atom stereocenters. The fourth-order valence-electron chi connectivity index (χ4n) is 2.67. The van der Waals surface area contributed by atoms with Crippen LogP contribution >= 0.6 is 0 Å². The molecule has 1 N–H and O–H groups in total. The number of methoxy groups -OCH3 is 1. The van der Waals surface area contributed by atoms with Gasteiger partial charge in [-0.2, -0.15) is 0 Å². The number of hydrogen-bond acceptors (Lipinski definition) is 4. The van der Waals surface area contributed by atoms with Crippen molar-refractivity contribution in [3.05, 3.63) is 23.4 Å². The SMILES string of the molecule is COCC1CCCN(c2ncc(CO)cc2C)C1. The molecule has 1 fully saturated rings. The highest BCUT2D eigenvalue weighted by molar-refractivity contribution is 5.47. The molecule has 1 aromatic rings. The van der Waals surface area contributed by atoms with Gasteiger partial charge in [0.05, 0.1) is 13.2 Å². The van der Waals surface area contributed by atoms with Gasteiger partial charge in [0.25, 0.3) is 0 Å². The van der Waals surface area contributed by atoms with Crippen molar-refractivity contribution in [3.63, 3.8) is 0 Å². The van der Waals surface area contributed by atoms with Crippen LogP contribution in [0.15, 0.2) is 12.3 Å². The topological polar surface area (TPSA) is 45.6 Å². The van der Waals surface area contributed by atoms with E-state index >= 15 is 0 Å². The average Bonchev–Trinajstić information content (AvgIpc) is 2.39. The first-order chi connectivity index (χ1) is 8.74. The Kier molecular flexibility index (Phi) is 4.55. The molecule has 0 saturated carbocycles. The van der Waals surface area contributed by atoms with Crippen molar-refractivity contribution in [2.24, 2.45) is 5.92 Å². The van der Waals surface area contributed by atoms with Gasteiger partial charge in [0.2, 0.25) is 0 Å². The number of piperidine rings is 1. The number of rotatable bonds is 4. The Bertz CT molecular complexity index is 393. The van der Waals surface area contributed by atoms with E-state index in [-0.39, 0.29) is 6.61 Å². The standard InChI is InChI=1S/C14H22N2O2/c1-11-6-13(9-17)7-15-14(11)16-5-3-4-12(8-16)10-18-2/h6-7,12,17H,3-5,8-10H2,1-2H3. The number of anilines is 1. The second-order valence-electron chi connectivity index (χ2n) is 5.05. The molecule has 1 aliphatic heterocycles. The van der Waals surface area contributed by atoms with Crippen LogP contribution in [0.25, 0.3) is 0 Å².